The number of nitrogens with zero attached hydrogens (tertiary/aromatic N) is 3. The van der Waals surface area contributed by atoms with E-state index >= 15 is 0 Å². The Bertz CT molecular complexity index is 735. The molecule has 3 aromatic rings. The van der Waals surface area contributed by atoms with Gasteiger partial charge in [0.05, 0.1) is 11.6 Å². The van der Waals surface area contributed by atoms with Crippen molar-refractivity contribution in [1.29, 1.82) is 0 Å². The lowest BCUT2D eigenvalue weighted by Crippen LogP contribution is -2.02. The van der Waals surface area contributed by atoms with E-state index in [4.69, 9.17) is 4.74 Å². The van der Waals surface area contributed by atoms with Crippen LogP contribution in [0.1, 0.15) is 5.56 Å². The number of ether oxygens (including phenoxy) is 1. The van der Waals surface area contributed by atoms with E-state index in [1.54, 1.807) is 12.3 Å². The normalized spacial score (nSPS) is 10.5. The molecule has 0 saturated heterocycles. The van der Waals surface area contributed by atoms with Crippen molar-refractivity contribution >= 4 is 16.9 Å². The number of hydrogen-bond donors (Lipinski definition) is 2. The van der Waals surface area contributed by atoms with E-state index in [1.165, 1.54) is 6.33 Å². The van der Waals surface area contributed by atoms with Crippen molar-refractivity contribution in [2.45, 2.75) is 6.54 Å². The monoisotopic (exact) mass is 281 g/mol. The van der Waals surface area contributed by atoms with Gasteiger partial charge in [-0.15, -0.1) is 0 Å². The Morgan fingerprint density at radius 2 is 2.10 bits per heavy atom. The average molecular weight is 281 g/mol. The van der Waals surface area contributed by atoms with E-state index in [2.05, 4.69) is 32.1 Å². The molecule has 0 fully saturated rings. The highest BCUT2D eigenvalue weighted by Crippen LogP contribution is 2.18. The van der Waals surface area contributed by atoms with Gasteiger partial charge in [0.25, 0.3) is 0 Å². The lowest BCUT2D eigenvalue weighted by atomic mass is 10.2. The van der Waals surface area contributed by atoms with Gasteiger partial charge in [0, 0.05) is 6.54 Å². The summed E-state index contributed by atoms with van der Waals surface area (Å²) in [5.74, 6) is 1.60. The first kappa shape index (κ1) is 13.1. The van der Waals surface area contributed by atoms with Crippen LogP contribution in [0.15, 0.2) is 49.4 Å². The van der Waals surface area contributed by atoms with Crippen molar-refractivity contribution < 1.29 is 4.74 Å². The first-order valence-corrected chi connectivity index (χ1v) is 6.57. The minimum absolute atomic E-state index is 0.511. The largest absolute Gasteiger partial charge is 0.490 e. The highest BCUT2D eigenvalue weighted by atomic mass is 16.5. The lowest BCUT2D eigenvalue weighted by molar-refractivity contribution is 0.363. The second kappa shape index (κ2) is 6.04. The van der Waals surface area contributed by atoms with E-state index in [0.29, 0.717) is 13.2 Å². The Morgan fingerprint density at radius 3 is 2.90 bits per heavy atom. The summed E-state index contributed by atoms with van der Waals surface area (Å²) in [6, 6.07) is 7.90. The summed E-state index contributed by atoms with van der Waals surface area (Å²) in [5, 5.41) is 10.9. The van der Waals surface area contributed by atoms with E-state index in [0.717, 1.165) is 28.2 Å². The molecule has 6 heteroatoms. The molecule has 106 valence electrons. The van der Waals surface area contributed by atoms with Crippen LogP contribution in [0, 0.1) is 0 Å². The van der Waals surface area contributed by atoms with Crippen LogP contribution in [0.25, 0.3) is 11.0 Å². The highest BCUT2D eigenvalue weighted by Gasteiger charge is 2.04. The zero-order valence-electron chi connectivity index (χ0n) is 11.4. The zero-order chi connectivity index (χ0) is 14.5. The van der Waals surface area contributed by atoms with Crippen molar-refractivity contribution in [3.8, 4) is 5.75 Å². The van der Waals surface area contributed by atoms with Crippen LogP contribution in [-0.4, -0.2) is 26.8 Å². The number of rotatable bonds is 6. The summed E-state index contributed by atoms with van der Waals surface area (Å²) >= 11 is 0. The molecule has 0 aliphatic carbocycles. The van der Waals surface area contributed by atoms with Crippen molar-refractivity contribution in [2.75, 3.05) is 11.9 Å². The second-order valence-corrected chi connectivity index (χ2v) is 4.45. The molecule has 0 radical (unpaired) electrons. The van der Waals surface area contributed by atoms with Crippen LogP contribution >= 0.6 is 0 Å². The van der Waals surface area contributed by atoms with Gasteiger partial charge in [0.15, 0.2) is 5.65 Å². The Hall–Kier alpha value is -2.89. The summed E-state index contributed by atoms with van der Waals surface area (Å²) in [6.45, 7) is 4.80. The first-order chi connectivity index (χ1) is 10.4. The number of anilines is 1. The molecule has 2 N–H and O–H groups in total. The van der Waals surface area contributed by atoms with E-state index in [9.17, 15) is 0 Å². The standard InChI is InChI=1S/C15H15N5O/c1-2-7-21-12-5-3-11(4-6-12)8-16-14-13-9-19-20-15(13)18-10-17-14/h2-6,9-10H,1,7-8H2,(H2,16,17,18,19,20). The van der Waals surface area contributed by atoms with Crippen LogP contribution in [0.3, 0.4) is 0 Å². The Balaban J connectivity index is 1.67. The van der Waals surface area contributed by atoms with Crippen LogP contribution in [-0.2, 0) is 6.54 Å². The van der Waals surface area contributed by atoms with E-state index in [-0.39, 0.29) is 0 Å². The van der Waals surface area contributed by atoms with Gasteiger partial charge < -0.3 is 10.1 Å². The fourth-order valence-electron chi connectivity index (χ4n) is 1.95. The van der Waals surface area contributed by atoms with Crippen LogP contribution in [0.5, 0.6) is 5.75 Å². The lowest BCUT2D eigenvalue weighted by Gasteiger charge is -2.07. The van der Waals surface area contributed by atoms with Gasteiger partial charge in [-0.2, -0.15) is 5.10 Å². The maximum atomic E-state index is 5.45. The highest BCUT2D eigenvalue weighted by molar-refractivity contribution is 5.85. The van der Waals surface area contributed by atoms with Gasteiger partial charge in [-0.05, 0) is 17.7 Å². The van der Waals surface area contributed by atoms with Gasteiger partial charge in [0.2, 0.25) is 0 Å². The van der Waals surface area contributed by atoms with Crippen LogP contribution < -0.4 is 10.1 Å². The summed E-state index contributed by atoms with van der Waals surface area (Å²) < 4.78 is 5.45. The van der Waals surface area contributed by atoms with E-state index < -0.39 is 0 Å². The third kappa shape index (κ3) is 3.00. The third-order valence-electron chi connectivity index (χ3n) is 3.00. The van der Waals surface area contributed by atoms with Gasteiger partial charge in [-0.3, -0.25) is 5.10 Å². The molecule has 0 aliphatic heterocycles. The van der Waals surface area contributed by atoms with Gasteiger partial charge in [0.1, 0.15) is 24.5 Å². The number of H-pyrrole nitrogens is 1. The average Bonchev–Trinajstić information content (AvgIpc) is 3.01. The molecule has 6 nitrogen and oxygen atoms in total. The van der Waals surface area contributed by atoms with Crippen molar-refractivity contribution in [3.05, 3.63) is 55.0 Å². The van der Waals surface area contributed by atoms with Crippen molar-refractivity contribution in [3.63, 3.8) is 0 Å². The maximum Gasteiger partial charge on any atom is 0.160 e. The summed E-state index contributed by atoms with van der Waals surface area (Å²) in [5.41, 5.74) is 1.86. The number of benzene rings is 1. The molecule has 2 aromatic heterocycles. The second-order valence-electron chi connectivity index (χ2n) is 4.45. The number of fused-ring (bicyclic) bond motifs is 1. The predicted octanol–water partition coefficient (Wildman–Crippen LogP) is 2.53. The number of aromatic amines is 1. The molecule has 2 heterocycles. The Morgan fingerprint density at radius 1 is 1.24 bits per heavy atom. The first-order valence-electron chi connectivity index (χ1n) is 6.57. The minimum atomic E-state index is 0.511. The fourth-order valence-corrected chi connectivity index (χ4v) is 1.95. The molecular formula is C15H15N5O. The quantitative estimate of drug-likeness (QED) is 0.679. The molecule has 1 aromatic carbocycles. The topological polar surface area (TPSA) is 75.7 Å². The summed E-state index contributed by atoms with van der Waals surface area (Å²) in [4.78, 5) is 8.34. The molecule has 0 atom stereocenters. The molecule has 0 saturated carbocycles. The molecule has 0 unspecified atom stereocenters. The fraction of sp³-hybridized carbons (Fsp3) is 0.133. The number of hydrogen-bond acceptors (Lipinski definition) is 5. The molecule has 0 spiro atoms. The molecule has 0 amide bonds. The SMILES string of the molecule is C=CCOc1ccc(CNc2ncnc3[nH]ncc23)cc1. The Labute approximate surface area is 121 Å². The Kier molecular flexibility index (Phi) is 3.77. The third-order valence-corrected chi connectivity index (χ3v) is 3.00. The molecular weight excluding hydrogens is 266 g/mol. The molecule has 0 aliphatic rings. The molecule has 21 heavy (non-hydrogen) atoms. The molecule has 0 bridgehead atoms. The van der Waals surface area contributed by atoms with Crippen LogP contribution in [0.2, 0.25) is 0 Å². The predicted molar refractivity (Wildman–Crippen MR) is 81.1 cm³/mol. The number of nitrogens with one attached hydrogen (secondary N) is 2. The molecule has 3 rings (SSSR count). The van der Waals surface area contributed by atoms with E-state index in [1.807, 2.05) is 24.3 Å². The smallest absolute Gasteiger partial charge is 0.160 e. The van der Waals surface area contributed by atoms with Crippen LogP contribution in [0.4, 0.5) is 5.82 Å². The zero-order valence-corrected chi connectivity index (χ0v) is 11.4. The maximum absolute atomic E-state index is 5.45. The summed E-state index contributed by atoms with van der Waals surface area (Å²) in [7, 11) is 0. The summed E-state index contributed by atoms with van der Waals surface area (Å²) in [6.07, 6.45) is 4.94. The van der Waals surface area contributed by atoms with Gasteiger partial charge in [-0.1, -0.05) is 24.8 Å². The van der Waals surface area contributed by atoms with Crippen molar-refractivity contribution in [2.24, 2.45) is 0 Å². The van der Waals surface area contributed by atoms with Gasteiger partial charge in [-0.25, -0.2) is 9.97 Å². The van der Waals surface area contributed by atoms with Gasteiger partial charge >= 0.3 is 0 Å². The minimum Gasteiger partial charge on any atom is -0.490 e. The number of aromatic nitrogens is 4. The van der Waals surface area contributed by atoms with Crippen molar-refractivity contribution in [1.82, 2.24) is 20.2 Å².